The highest BCUT2D eigenvalue weighted by molar-refractivity contribution is 5.97. The van der Waals surface area contributed by atoms with Crippen LogP contribution in [0.2, 0.25) is 0 Å². The van der Waals surface area contributed by atoms with Gasteiger partial charge in [-0.25, -0.2) is 0 Å². The van der Waals surface area contributed by atoms with E-state index in [1.54, 1.807) is 0 Å². The van der Waals surface area contributed by atoms with Gasteiger partial charge in [-0.05, 0) is 117 Å². The minimum atomic E-state index is 0.322. The average molecular weight is 835 g/mol. The second-order valence-corrected chi connectivity index (χ2v) is 18.4. The Bertz CT molecular complexity index is 2600. The molecule has 0 fully saturated rings. The van der Waals surface area contributed by atoms with Crippen molar-refractivity contribution >= 4 is 39.8 Å². The molecule has 64 heavy (non-hydrogen) atoms. The second-order valence-electron chi connectivity index (χ2n) is 18.4. The number of rotatable bonds is 12. The minimum absolute atomic E-state index is 0.322. The maximum atomic E-state index is 2.60. The van der Waals surface area contributed by atoms with Gasteiger partial charge in [0.15, 0.2) is 6.17 Å². The van der Waals surface area contributed by atoms with Crippen LogP contribution in [0.4, 0.5) is 39.8 Å². The summed E-state index contributed by atoms with van der Waals surface area (Å²) in [7, 11) is 0. The fourth-order valence-electron chi connectivity index (χ4n) is 9.50. The Morgan fingerprint density at radius 3 is 0.875 bits per heavy atom. The summed E-state index contributed by atoms with van der Waals surface area (Å²) in [6.45, 7) is 18.6. The van der Waals surface area contributed by atoms with Crippen LogP contribution in [-0.4, -0.2) is 0 Å². The molecule has 9 rings (SSSR count). The SMILES string of the molecule is CC(C)c1cccc(C(C)C)c1N1[C](c2ccc(N(c3ccc(-c4ccccc4)cc3)c3ccc(-c4ccccc4)cc3)cc2)N(c2c(C(C)C)cccc2C(C)C)c2ccccc21. The molecule has 1 aliphatic heterocycles. The maximum absolute atomic E-state index is 2.60. The van der Waals surface area contributed by atoms with Crippen LogP contribution in [0.3, 0.4) is 0 Å². The molecule has 3 heteroatoms. The highest BCUT2D eigenvalue weighted by Crippen LogP contribution is 2.58. The first-order valence-corrected chi connectivity index (χ1v) is 23.1. The van der Waals surface area contributed by atoms with E-state index in [9.17, 15) is 0 Å². The zero-order chi connectivity index (χ0) is 44.5. The number of nitrogens with zero attached hydrogens (tertiary/aromatic N) is 3. The Hall–Kier alpha value is -6.84. The second kappa shape index (κ2) is 18.1. The third-order valence-electron chi connectivity index (χ3n) is 12.8. The van der Waals surface area contributed by atoms with Crippen LogP contribution >= 0.6 is 0 Å². The summed E-state index contributed by atoms with van der Waals surface area (Å²) >= 11 is 0. The Morgan fingerprint density at radius 1 is 0.281 bits per heavy atom. The zero-order valence-electron chi connectivity index (χ0n) is 38.6. The lowest BCUT2D eigenvalue weighted by Crippen LogP contribution is -2.33. The van der Waals surface area contributed by atoms with E-state index in [0.29, 0.717) is 23.7 Å². The van der Waals surface area contributed by atoms with E-state index in [2.05, 4.69) is 264 Å². The number of hydrogen-bond donors (Lipinski definition) is 0. The molecule has 3 nitrogen and oxygen atoms in total. The molecule has 0 bridgehead atoms. The van der Waals surface area contributed by atoms with Crippen LogP contribution in [-0.2, 0) is 0 Å². The topological polar surface area (TPSA) is 9.72 Å². The monoisotopic (exact) mass is 834 g/mol. The van der Waals surface area contributed by atoms with Crippen molar-refractivity contribution in [1.29, 1.82) is 0 Å². The van der Waals surface area contributed by atoms with Crippen molar-refractivity contribution in [3.05, 3.63) is 228 Å². The summed E-state index contributed by atoms with van der Waals surface area (Å²) in [5.74, 6) is 1.29. The molecule has 8 aromatic rings. The van der Waals surface area contributed by atoms with E-state index >= 15 is 0 Å². The summed E-state index contributed by atoms with van der Waals surface area (Å²) in [6, 6.07) is 71.4. The molecule has 0 saturated carbocycles. The van der Waals surface area contributed by atoms with Gasteiger partial charge in [-0.3, -0.25) is 0 Å². The molecule has 0 saturated heterocycles. The van der Waals surface area contributed by atoms with Gasteiger partial charge in [0.05, 0.1) is 22.7 Å². The number of benzene rings is 8. The van der Waals surface area contributed by atoms with E-state index in [1.165, 1.54) is 67.3 Å². The van der Waals surface area contributed by atoms with Crippen LogP contribution in [0.25, 0.3) is 22.3 Å². The number of fused-ring (bicyclic) bond motifs is 1. The van der Waals surface area contributed by atoms with Crippen LogP contribution in [0, 0.1) is 6.17 Å². The standard InChI is InChI=1S/C61H60N3/c1-41(2)53-23-17-24-54(42(3)4)59(53)63-57-27-15-16-28-58(57)64(60-55(43(5)6)25-18-26-56(60)44(7)8)61(63)49-33-39-52(40-34-49)62(50-35-29-47(30-36-50)45-19-11-9-12-20-45)51-37-31-48(32-38-51)46-21-13-10-14-22-46/h9-44H,1-8H3. The fraction of sp³-hybridized carbons (Fsp3) is 0.197. The quantitative estimate of drug-likeness (QED) is 0.121. The molecule has 0 aliphatic carbocycles. The van der Waals surface area contributed by atoms with Crippen LogP contribution < -0.4 is 14.7 Å². The van der Waals surface area contributed by atoms with Gasteiger partial charge in [-0.15, -0.1) is 0 Å². The van der Waals surface area contributed by atoms with Crippen molar-refractivity contribution in [3.63, 3.8) is 0 Å². The average Bonchev–Trinajstić information content (AvgIpc) is 3.66. The van der Waals surface area contributed by atoms with Gasteiger partial charge in [0.25, 0.3) is 0 Å². The predicted molar refractivity (Wildman–Crippen MR) is 274 cm³/mol. The van der Waals surface area contributed by atoms with Gasteiger partial charge < -0.3 is 14.7 Å². The van der Waals surface area contributed by atoms with Gasteiger partial charge in [0.2, 0.25) is 0 Å². The van der Waals surface area contributed by atoms with Crippen molar-refractivity contribution in [2.24, 2.45) is 0 Å². The summed E-state index contributed by atoms with van der Waals surface area (Å²) in [6.07, 6.45) is 1.16. The molecule has 1 radical (unpaired) electrons. The molecule has 0 atom stereocenters. The summed E-state index contributed by atoms with van der Waals surface area (Å²) in [5, 5.41) is 0. The van der Waals surface area contributed by atoms with Gasteiger partial charge >= 0.3 is 0 Å². The lowest BCUT2D eigenvalue weighted by atomic mass is 9.90. The number of para-hydroxylation sites is 4. The van der Waals surface area contributed by atoms with Crippen molar-refractivity contribution < 1.29 is 0 Å². The highest BCUT2D eigenvalue weighted by Gasteiger charge is 2.44. The van der Waals surface area contributed by atoms with E-state index < -0.39 is 0 Å². The first kappa shape index (κ1) is 42.5. The highest BCUT2D eigenvalue weighted by atomic mass is 15.4. The molecule has 1 heterocycles. The minimum Gasteiger partial charge on any atom is -0.311 e. The van der Waals surface area contributed by atoms with Gasteiger partial charge in [0, 0.05) is 22.6 Å². The number of hydrogen-bond acceptors (Lipinski definition) is 3. The largest absolute Gasteiger partial charge is 0.311 e. The van der Waals surface area contributed by atoms with E-state index in [1.807, 2.05) is 0 Å². The van der Waals surface area contributed by atoms with Crippen LogP contribution in [0.15, 0.2) is 194 Å². The Labute approximate surface area is 382 Å². The lowest BCUT2D eigenvalue weighted by molar-refractivity contribution is 0.807. The molecule has 0 amide bonds. The van der Waals surface area contributed by atoms with Crippen molar-refractivity contribution in [3.8, 4) is 22.3 Å². The Balaban J connectivity index is 1.24. The smallest absolute Gasteiger partial charge is 0.196 e. The summed E-state index contributed by atoms with van der Waals surface area (Å²) in [5.41, 5.74) is 19.6. The third kappa shape index (κ3) is 8.01. The van der Waals surface area contributed by atoms with Crippen molar-refractivity contribution in [2.75, 3.05) is 14.7 Å². The fourth-order valence-corrected chi connectivity index (χ4v) is 9.50. The lowest BCUT2D eigenvalue weighted by Gasteiger charge is -2.37. The summed E-state index contributed by atoms with van der Waals surface area (Å²) < 4.78 is 0. The van der Waals surface area contributed by atoms with Crippen molar-refractivity contribution in [2.45, 2.75) is 79.1 Å². The molecular formula is C61H60N3. The molecule has 0 unspecified atom stereocenters. The molecule has 0 spiro atoms. The van der Waals surface area contributed by atoms with Crippen LogP contribution in [0.1, 0.15) is 107 Å². The molecule has 0 N–H and O–H groups in total. The maximum Gasteiger partial charge on any atom is 0.196 e. The Morgan fingerprint density at radius 2 is 0.562 bits per heavy atom. The normalized spacial score (nSPS) is 12.8. The molecule has 8 aromatic carbocycles. The van der Waals surface area contributed by atoms with E-state index in [0.717, 1.165) is 28.8 Å². The van der Waals surface area contributed by atoms with Crippen molar-refractivity contribution in [1.82, 2.24) is 0 Å². The van der Waals surface area contributed by atoms with E-state index in [-0.39, 0.29) is 0 Å². The molecule has 319 valence electrons. The molecule has 0 aromatic heterocycles. The van der Waals surface area contributed by atoms with Gasteiger partial charge in [-0.1, -0.05) is 201 Å². The first-order valence-electron chi connectivity index (χ1n) is 23.1. The number of anilines is 7. The van der Waals surface area contributed by atoms with Gasteiger partial charge in [0.1, 0.15) is 0 Å². The zero-order valence-corrected chi connectivity index (χ0v) is 38.6. The third-order valence-corrected chi connectivity index (χ3v) is 12.8. The Kier molecular flexibility index (Phi) is 12.0. The molecule has 1 aliphatic rings. The van der Waals surface area contributed by atoms with Gasteiger partial charge in [-0.2, -0.15) is 0 Å². The predicted octanol–water partition coefficient (Wildman–Crippen LogP) is 17.8. The summed E-state index contributed by atoms with van der Waals surface area (Å²) in [4.78, 5) is 7.57. The first-order chi connectivity index (χ1) is 31.1. The molecular weight excluding hydrogens is 775 g/mol. The van der Waals surface area contributed by atoms with E-state index in [4.69, 9.17) is 0 Å². The van der Waals surface area contributed by atoms with Crippen LogP contribution in [0.5, 0.6) is 0 Å².